The quantitative estimate of drug-likeness (QED) is 0.771. The lowest BCUT2D eigenvalue weighted by Gasteiger charge is -2.23. The van der Waals surface area contributed by atoms with Crippen molar-refractivity contribution in [2.45, 2.75) is 18.9 Å². The third-order valence-corrected chi connectivity index (χ3v) is 2.28. The number of hydrogen-bond donors (Lipinski definition) is 2. The molecule has 1 rings (SSSR count). The van der Waals surface area contributed by atoms with Crippen LogP contribution in [0.2, 0.25) is 0 Å². The number of rotatable bonds is 3. The van der Waals surface area contributed by atoms with Gasteiger partial charge in [-0.05, 0) is 24.1 Å². The molecule has 0 radical (unpaired) electrons. The molecule has 1 aromatic carbocycles. The molecule has 0 amide bonds. The zero-order valence-electron chi connectivity index (χ0n) is 7.83. The highest BCUT2D eigenvalue weighted by atomic mass is 19.1. The Bertz CT molecular complexity index is 354. The Morgan fingerprint density at radius 2 is 2.29 bits per heavy atom. The van der Waals surface area contributed by atoms with E-state index in [1.54, 1.807) is 6.92 Å². The van der Waals surface area contributed by atoms with E-state index in [2.05, 4.69) is 0 Å². The zero-order chi connectivity index (χ0) is 10.8. The summed E-state index contributed by atoms with van der Waals surface area (Å²) >= 11 is 0. The van der Waals surface area contributed by atoms with Gasteiger partial charge in [0.05, 0.1) is 0 Å². The number of benzene rings is 1. The average Bonchev–Trinajstić information content (AvgIpc) is 2.16. The molecule has 3 nitrogen and oxygen atoms in total. The van der Waals surface area contributed by atoms with Gasteiger partial charge in [0, 0.05) is 0 Å². The van der Waals surface area contributed by atoms with Crippen molar-refractivity contribution in [3.8, 4) is 0 Å². The van der Waals surface area contributed by atoms with Crippen molar-refractivity contribution in [3.05, 3.63) is 35.6 Å². The molecule has 0 aromatic heterocycles. The van der Waals surface area contributed by atoms with Gasteiger partial charge < -0.3 is 10.8 Å². The fourth-order valence-electron chi connectivity index (χ4n) is 1.24. The van der Waals surface area contributed by atoms with Crippen LogP contribution in [-0.4, -0.2) is 11.1 Å². The predicted octanol–water partition coefficient (Wildman–Crippen LogP) is 1.47. The number of carbonyl (C=O) groups is 1. The molecule has 0 unspecified atom stereocenters. The van der Waals surface area contributed by atoms with Crippen LogP contribution < -0.4 is 5.73 Å². The Labute approximate surface area is 81.4 Å². The first kappa shape index (κ1) is 10.7. The minimum atomic E-state index is -1.50. The van der Waals surface area contributed by atoms with Gasteiger partial charge in [0.15, 0.2) is 0 Å². The van der Waals surface area contributed by atoms with Crippen LogP contribution in [0.4, 0.5) is 4.39 Å². The molecule has 14 heavy (non-hydrogen) atoms. The molecule has 4 heteroatoms. The monoisotopic (exact) mass is 197 g/mol. The second-order valence-corrected chi connectivity index (χ2v) is 3.14. The molecule has 0 aliphatic heterocycles. The summed E-state index contributed by atoms with van der Waals surface area (Å²) in [6.45, 7) is 1.65. The Hall–Kier alpha value is -1.42. The summed E-state index contributed by atoms with van der Waals surface area (Å²) in [4.78, 5) is 10.9. The minimum Gasteiger partial charge on any atom is -0.480 e. The lowest BCUT2D eigenvalue weighted by atomic mass is 9.88. The van der Waals surface area contributed by atoms with Gasteiger partial charge in [0.1, 0.15) is 11.4 Å². The number of carboxylic acid groups (broad SMARTS) is 1. The van der Waals surface area contributed by atoms with Crippen LogP contribution in [0.1, 0.15) is 18.9 Å². The summed E-state index contributed by atoms with van der Waals surface area (Å²) in [5, 5.41) is 8.93. The first-order valence-corrected chi connectivity index (χ1v) is 4.29. The Balaban J connectivity index is 3.19. The molecule has 1 atom stereocenters. The Morgan fingerprint density at radius 1 is 1.64 bits per heavy atom. The van der Waals surface area contributed by atoms with Crippen LogP contribution in [-0.2, 0) is 10.3 Å². The first-order chi connectivity index (χ1) is 6.50. The van der Waals surface area contributed by atoms with E-state index in [0.717, 1.165) is 6.07 Å². The molecule has 0 saturated heterocycles. The van der Waals surface area contributed by atoms with Crippen LogP contribution in [0, 0.1) is 5.82 Å². The third kappa shape index (κ3) is 1.75. The van der Waals surface area contributed by atoms with Gasteiger partial charge in [-0.2, -0.15) is 0 Å². The van der Waals surface area contributed by atoms with E-state index < -0.39 is 17.3 Å². The van der Waals surface area contributed by atoms with Gasteiger partial charge in [0.2, 0.25) is 0 Å². The maximum absolute atomic E-state index is 12.8. The molecule has 0 bridgehead atoms. The first-order valence-electron chi connectivity index (χ1n) is 4.29. The highest BCUT2D eigenvalue weighted by molar-refractivity contribution is 5.80. The largest absolute Gasteiger partial charge is 0.480 e. The lowest BCUT2D eigenvalue weighted by molar-refractivity contribution is -0.143. The summed E-state index contributed by atoms with van der Waals surface area (Å²) < 4.78 is 12.8. The number of hydrogen-bond acceptors (Lipinski definition) is 2. The maximum Gasteiger partial charge on any atom is 0.328 e. The van der Waals surface area contributed by atoms with Crippen molar-refractivity contribution < 1.29 is 14.3 Å². The Morgan fingerprint density at radius 3 is 2.71 bits per heavy atom. The summed E-state index contributed by atoms with van der Waals surface area (Å²) in [7, 11) is 0. The predicted molar refractivity (Wildman–Crippen MR) is 50.2 cm³/mol. The minimum absolute atomic E-state index is 0.214. The molecule has 76 valence electrons. The molecular formula is C10H12FNO2. The van der Waals surface area contributed by atoms with Crippen LogP contribution in [0.25, 0.3) is 0 Å². The van der Waals surface area contributed by atoms with Gasteiger partial charge in [-0.3, -0.25) is 0 Å². The van der Waals surface area contributed by atoms with Crippen LogP contribution >= 0.6 is 0 Å². The van der Waals surface area contributed by atoms with Crippen molar-refractivity contribution in [2.24, 2.45) is 5.73 Å². The molecule has 0 aliphatic carbocycles. The highest BCUT2D eigenvalue weighted by Crippen LogP contribution is 2.22. The molecule has 0 aliphatic rings. The second kappa shape index (κ2) is 3.75. The lowest BCUT2D eigenvalue weighted by Crippen LogP contribution is -2.44. The third-order valence-electron chi connectivity index (χ3n) is 2.28. The maximum atomic E-state index is 12.8. The highest BCUT2D eigenvalue weighted by Gasteiger charge is 2.34. The molecule has 1 aromatic rings. The van der Waals surface area contributed by atoms with Crippen molar-refractivity contribution in [1.29, 1.82) is 0 Å². The fourth-order valence-corrected chi connectivity index (χ4v) is 1.24. The zero-order valence-corrected chi connectivity index (χ0v) is 7.83. The number of aliphatic carboxylic acids is 1. The van der Waals surface area contributed by atoms with Gasteiger partial charge in [-0.1, -0.05) is 19.1 Å². The van der Waals surface area contributed by atoms with E-state index in [1.165, 1.54) is 18.2 Å². The number of carboxylic acids is 1. The fraction of sp³-hybridized carbons (Fsp3) is 0.300. The summed E-state index contributed by atoms with van der Waals surface area (Å²) in [6, 6.07) is 5.37. The standard InChI is InChI=1S/C10H12FNO2/c1-2-10(12,9(13)14)7-4-3-5-8(11)6-7/h3-6H,2,12H2,1H3,(H,13,14)/t10-/m0/s1. The molecule has 0 heterocycles. The van der Waals surface area contributed by atoms with Gasteiger partial charge in [0.25, 0.3) is 0 Å². The number of halogens is 1. The Kier molecular flexibility index (Phi) is 2.86. The van der Waals surface area contributed by atoms with Crippen LogP contribution in [0.5, 0.6) is 0 Å². The second-order valence-electron chi connectivity index (χ2n) is 3.14. The summed E-state index contributed by atoms with van der Waals surface area (Å²) in [6.07, 6.45) is 0.214. The smallest absolute Gasteiger partial charge is 0.328 e. The number of nitrogens with two attached hydrogens (primary N) is 1. The van der Waals surface area contributed by atoms with E-state index in [4.69, 9.17) is 10.8 Å². The van der Waals surface area contributed by atoms with E-state index in [0.29, 0.717) is 0 Å². The van der Waals surface area contributed by atoms with E-state index >= 15 is 0 Å². The van der Waals surface area contributed by atoms with Crippen LogP contribution in [0.3, 0.4) is 0 Å². The summed E-state index contributed by atoms with van der Waals surface area (Å²) in [5.74, 6) is -1.63. The van der Waals surface area contributed by atoms with Crippen molar-refractivity contribution in [1.82, 2.24) is 0 Å². The van der Waals surface area contributed by atoms with E-state index in [-0.39, 0.29) is 12.0 Å². The van der Waals surface area contributed by atoms with E-state index in [1.807, 2.05) is 0 Å². The van der Waals surface area contributed by atoms with Gasteiger partial charge in [-0.15, -0.1) is 0 Å². The molecule has 3 N–H and O–H groups in total. The SMILES string of the molecule is CC[C@@](N)(C(=O)O)c1cccc(F)c1. The van der Waals surface area contributed by atoms with Crippen molar-refractivity contribution in [2.75, 3.05) is 0 Å². The van der Waals surface area contributed by atoms with Crippen molar-refractivity contribution in [3.63, 3.8) is 0 Å². The molecular weight excluding hydrogens is 185 g/mol. The van der Waals surface area contributed by atoms with Gasteiger partial charge in [-0.25, -0.2) is 9.18 Å². The van der Waals surface area contributed by atoms with Crippen LogP contribution in [0.15, 0.2) is 24.3 Å². The van der Waals surface area contributed by atoms with Gasteiger partial charge >= 0.3 is 5.97 Å². The molecule has 0 fully saturated rings. The topological polar surface area (TPSA) is 63.3 Å². The molecule has 0 spiro atoms. The van der Waals surface area contributed by atoms with E-state index in [9.17, 15) is 9.18 Å². The van der Waals surface area contributed by atoms with Crippen molar-refractivity contribution >= 4 is 5.97 Å². The normalized spacial score (nSPS) is 14.8. The average molecular weight is 197 g/mol. The molecule has 0 saturated carbocycles. The summed E-state index contributed by atoms with van der Waals surface area (Å²) in [5.41, 5.74) is 4.45.